The highest BCUT2D eigenvalue weighted by Crippen LogP contribution is 2.41. The van der Waals surface area contributed by atoms with Gasteiger partial charge in [-0.15, -0.1) is 0 Å². The van der Waals surface area contributed by atoms with Crippen molar-refractivity contribution in [1.82, 2.24) is 9.38 Å². The van der Waals surface area contributed by atoms with Crippen LogP contribution < -0.4 is 4.90 Å². The number of thioether (sulfide) groups is 1. The van der Waals surface area contributed by atoms with E-state index in [2.05, 4.69) is 9.88 Å². The SMILES string of the molecule is N=C(SC(=N)C(F)F)c1ncc2c(N3CCC4(CCOC4)C3)cc(S(=O)[O-])cn12. The number of hydrogen-bond acceptors (Lipinski definition) is 8. The van der Waals surface area contributed by atoms with Crippen molar-refractivity contribution in [2.75, 3.05) is 31.2 Å². The molecule has 2 unspecified atom stereocenters. The van der Waals surface area contributed by atoms with Gasteiger partial charge in [-0.3, -0.25) is 19.4 Å². The summed E-state index contributed by atoms with van der Waals surface area (Å²) in [6.45, 7) is 2.85. The van der Waals surface area contributed by atoms with E-state index in [0.29, 0.717) is 29.6 Å². The third-order valence-electron chi connectivity index (χ3n) is 5.36. The van der Waals surface area contributed by atoms with Crippen molar-refractivity contribution in [1.29, 1.82) is 10.8 Å². The Hall–Kier alpha value is -1.89. The van der Waals surface area contributed by atoms with Gasteiger partial charge in [0.05, 0.1) is 24.0 Å². The molecule has 0 radical (unpaired) electrons. The molecule has 2 fully saturated rings. The van der Waals surface area contributed by atoms with Crippen LogP contribution in [-0.4, -0.2) is 61.0 Å². The fraction of sp³-hybridized carbons (Fsp3) is 0.471. The molecule has 0 bridgehead atoms. The predicted octanol–water partition coefficient (Wildman–Crippen LogP) is 2.49. The molecule has 4 heterocycles. The Labute approximate surface area is 171 Å². The first-order valence-electron chi connectivity index (χ1n) is 8.86. The molecule has 156 valence electrons. The Balaban J connectivity index is 1.73. The van der Waals surface area contributed by atoms with Crippen LogP contribution in [0.15, 0.2) is 23.4 Å². The molecule has 1 spiro atoms. The third kappa shape index (κ3) is 3.81. The van der Waals surface area contributed by atoms with E-state index in [1.165, 1.54) is 16.8 Å². The first-order chi connectivity index (χ1) is 13.8. The maximum atomic E-state index is 12.7. The van der Waals surface area contributed by atoms with Gasteiger partial charge in [-0.2, -0.15) is 0 Å². The highest BCUT2D eigenvalue weighted by molar-refractivity contribution is 8.26. The van der Waals surface area contributed by atoms with Crippen molar-refractivity contribution < 1.29 is 22.3 Å². The number of aromatic nitrogens is 2. The van der Waals surface area contributed by atoms with Crippen LogP contribution in [0.2, 0.25) is 0 Å². The van der Waals surface area contributed by atoms with Gasteiger partial charge in [-0.1, -0.05) is 0 Å². The van der Waals surface area contributed by atoms with Crippen molar-refractivity contribution in [3.63, 3.8) is 0 Å². The number of alkyl halides is 2. The lowest BCUT2D eigenvalue weighted by Gasteiger charge is -2.25. The molecular formula is C17H18F2N5O3S2-. The van der Waals surface area contributed by atoms with Gasteiger partial charge in [0.1, 0.15) is 10.1 Å². The van der Waals surface area contributed by atoms with Crippen molar-refractivity contribution in [3.05, 3.63) is 24.3 Å². The summed E-state index contributed by atoms with van der Waals surface area (Å²) in [6, 6.07) is 1.57. The highest BCUT2D eigenvalue weighted by atomic mass is 32.2. The Kier molecular flexibility index (Phi) is 5.44. The van der Waals surface area contributed by atoms with Gasteiger partial charge in [-0.25, -0.2) is 13.8 Å². The molecule has 4 rings (SSSR count). The van der Waals surface area contributed by atoms with Crippen LogP contribution in [0.1, 0.15) is 18.7 Å². The number of rotatable bonds is 4. The number of ether oxygens (including phenoxy) is 1. The van der Waals surface area contributed by atoms with E-state index >= 15 is 0 Å². The average Bonchev–Trinajstić information content (AvgIpc) is 3.41. The van der Waals surface area contributed by atoms with Crippen molar-refractivity contribution in [2.24, 2.45) is 5.41 Å². The van der Waals surface area contributed by atoms with E-state index in [1.54, 1.807) is 6.07 Å². The molecule has 8 nitrogen and oxygen atoms in total. The van der Waals surface area contributed by atoms with Crippen LogP contribution in [0.3, 0.4) is 0 Å². The van der Waals surface area contributed by atoms with Crippen LogP contribution in [0, 0.1) is 16.2 Å². The number of nitrogens with zero attached hydrogens (tertiary/aromatic N) is 3. The zero-order valence-corrected chi connectivity index (χ0v) is 16.8. The fourth-order valence-corrected chi connectivity index (χ4v) is 4.83. The van der Waals surface area contributed by atoms with Crippen LogP contribution in [0.5, 0.6) is 0 Å². The molecule has 0 amide bonds. The molecule has 2 aliphatic heterocycles. The Morgan fingerprint density at radius 1 is 1.41 bits per heavy atom. The lowest BCUT2D eigenvalue weighted by molar-refractivity contribution is 0.160. The molecule has 29 heavy (non-hydrogen) atoms. The molecule has 2 aromatic rings. The number of nitrogens with one attached hydrogen (secondary N) is 2. The lowest BCUT2D eigenvalue weighted by Crippen LogP contribution is -2.27. The van der Waals surface area contributed by atoms with Crippen molar-refractivity contribution in [2.45, 2.75) is 24.2 Å². The number of imidazole rings is 1. The first kappa shape index (κ1) is 20.4. The molecule has 0 aromatic carbocycles. The molecule has 0 saturated carbocycles. The molecule has 12 heteroatoms. The average molecular weight is 442 g/mol. The minimum Gasteiger partial charge on any atom is -0.768 e. The molecule has 2 atom stereocenters. The number of pyridine rings is 1. The fourth-order valence-electron chi connectivity index (χ4n) is 3.88. The minimum absolute atomic E-state index is 0.0112. The first-order valence-corrected chi connectivity index (χ1v) is 10.8. The summed E-state index contributed by atoms with van der Waals surface area (Å²) >= 11 is -2.22. The minimum atomic E-state index is -2.98. The summed E-state index contributed by atoms with van der Waals surface area (Å²) in [7, 11) is 0. The maximum Gasteiger partial charge on any atom is 0.285 e. The molecule has 2 aliphatic rings. The zero-order valence-electron chi connectivity index (χ0n) is 15.2. The summed E-state index contributed by atoms with van der Waals surface area (Å²) in [6.07, 6.45) is 1.72. The second kappa shape index (κ2) is 7.74. The van der Waals surface area contributed by atoms with Crippen LogP contribution in [0.4, 0.5) is 14.5 Å². The number of fused-ring (bicyclic) bond motifs is 1. The van der Waals surface area contributed by atoms with Gasteiger partial charge in [0.15, 0.2) is 5.82 Å². The molecule has 2 aromatic heterocycles. The van der Waals surface area contributed by atoms with Gasteiger partial charge >= 0.3 is 0 Å². The van der Waals surface area contributed by atoms with E-state index in [0.717, 1.165) is 32.5 Å². The number of halogens is 2. The van der Waals surface area contributed by atoms with Crippen molar-refractivity contribution >= 4 is 44.1 Å². The third-order valence-corrected chi connectivity index (χ3v) is 6.76. The summed E-state index contributed by atoms with van der Waals surface area (Å²) < 4.78 is 55.6. The maximum absolute atomic E-state index is 12.7. The quantitative estimate of drug-likeness (QED) is 0.427. The second-order valence-corrected chi connectivity index (χ2v) is 9.20. The standard InChI is InChI=1S/C17H19F2N5O3S2/c18-13(19)14(20)28-15(21)16-22-6-12-11(5-10(29(25)26)7-24(12)16)23-3-1-17(8-23)2-4-27-9-17/h5-7,13,20-21H,1-4,8-9H2,(H,25,26)/p-1. The smallest absolute Gasteiger partial charge is 0.285 e. The molecule has 0 aliphatic carbocycles. The lowest BCUT2D eigenvalue weighted by atomic mass is 9.87. The Morgan fingerprint density at radius 2 is 2.21 bits per heavy atom. The second-order valence-electron chi connectivity index (χ2n) is 7.20. The van der Waals surface area contributed by atoms with Gasteiger partial charge in [0, 0.05) is 36.2 Å². The summed E-state index contributed by atoms with van der Waals surface area (Å²) in [5.41, 5.74) is 1.30. The van der Waals surface area contributed by atoms with E-state index in [-0.39, 0.29) is 21.2 Å². The summed E-state index contributed by atoms with van der Waals surface area (Å²) in [5.74, 6) is 0.0158. The number of hydrogen-bond donors (Lipinski definition) is 2. The van der Waals surface area contributed by atoms with Crippen LogP contribution in [0.25, 0.3) is 5.52 Å². The van der Waals surface area contributed by atoms with E-state index < -0.39 is 22.5 Å². The van der Waals surface area contributed by atoms with Gasteiger partial charge < -0.3 is 14.2 Å². The van der Waals surface area contributed by atoms with Crippen molar-refractivity contribution in [3.8, 4) is 0 Å². The zero-order chi connectivity index (χ0) is 20.8. The summed E-state index contributed by atoms with van der Waals surface area (Å²) in [4.78, 5) is 6.25. The van der Waals surface area contributed by atoms with Gasteiger partial charge in [0.2, 0.25) is 0 Å². The topological polar surface area (TPSA) is 118 Å². The van der Waals surface area contributed by atoms with Crippen LogP contribution in [-0.2, 0) is 15.8 Å². The molecule has 2 saturated heterocycles. The molecule has 2 N–H and O–H groups in total. The molecular weight excluding hydrogens is 424 g/mol. The van der Waals surface area contributed by atoms with E-state index in [1.807, 2.05) is 0 Å². The summed E-state index contributed by atoms with van der Waals surface area (Å²) in [5, 5.41) is 14.0. The normalized spacial score (nSPS) is 22.8. The predicted molar refractivity (Wildman–Crippen MR) is 105 cm³/mol. The van der Waals surface area contributed by atoms with Gasteiger partial charge in [-0.05, 0) is 41.8 Å². The van der Waals surface area contributed by atoms with Crippen LogP contribution >= 0.6 is 11.8 Å². The monoisotopic (exact) mass is 442 g/mol. The van der Waals surface area contributed by atoms with Gasteiger partial charge in [0.25, 0.3) is 6.43 Å². The number of anilines is 1. The largest absolute Gasteiger partial charge is 0.768 e. The Bertz CT molecular complexity index is 1010. The highest BCUT2D eigenvalue weighted by Gasteiger charge is 2.41. The van der Waals surface area contributed by atoms with E-state index in [9.17, 15) is 17.5 Å². The van der Waals surface area contributed by atoms with E-state index in [4.69, 9.17) is 15.6 Å². The Morgan fingerprint density at radius 3 is 2.86 bits per heavy atom.